The lowest BCUT2D eigenvalue weighted by Crippen LogP contribution is -2.64. The van der Waals surface area contributed by atoms with Gasteiger partial charge in [-0.25, -0.2) is 18.1 Å². The molecular weight excluding hydrogens is 302 g/mol. The van der Waals surface area contributed by atoms with Gasteiger partial charge >= 0.3 is 0 Å². The van der Waals surface area contributed by atoms with Crippen molar-refractivity contribution in [3.63, 3.8) is 0 Å². The van der Waals surface area contributed by atoms with Gasteiger partial charge in [0.05, 0.1) is 6.10 Å². The summed E-state index contributed by atoms with van der Waals surface area (Å²) >= 11 is 0. The largest absolute Gasteiger partial charge is 0.378 e. The van der Waals surface area contributed by atoms with E-state index < -0.39 is 10.0 Å². The van der Waals surface area contributed by atoms with Gasteiger partial charge in [0.1, 0.15) is 10.7 Å². The Morgan fingerprint density at radius 2 is 2.18 bits per heavy atom. The van der Waals surface area contributed by atoms with Crippen LogP contribution in [0.5, 0.6) is 0 Å². The predicted molar refractivity (Wildman–Crippen MR) is 84.2 cm³/mol. The van der Waals surface area contributed by atoms with Crippen LogP contribution in [0, 0.1) is 5.41 Å². The van der Waals surface area contributed by atoms with E-state index in [9.17, 15) is 8.42 Å². The lowest BCUT2D eigenvalue weighted by Gasteiger charge is -2.61. The molecule has 3 rings (SSSR count). The average Bonchev–Trinajstić information content (AvgIpc) is 2.45. The molecule has 22 heavy (non-hydrogen) atoms. The first-order valence-electron chi connectivity index (χ1n) is 7.79. The highest BCUT2D eigenvalue weighted by Gasteiger charge is 2.58. The molecule has 0 radical (unpaired) electrons. The molecule has 1 heterocycles. The second kappa shape index (κ2) is 5.79. The van der Waals surface area contributed by atoms with E-state index >= 15 is 0 Å². The van der Waals surface area contributed by atoms with E-state index in [4.69, 9.17) is 4.74 Å². The van der Waals surface area contributed by atoms with E-state index in [1.165, 1.54) is 32.5 Å². The zero-order chi connectivity index (χ0) is 15.8. The highest BCUT2D eigenvalue weighted by molar-refractivity contribution is 7.89. The van der Waals surface area contributed by atoms with Crippen molar-refractivity contribution in [2.75, 3.05) is 19.0 Å². The van der Waals surface area contributed by atoms with Crippen molar-refractivity contribution >= 4 is 15.8 Å². The first-order chi connectivity index (χ1) is 10.5. The number of ether oxygens (including phenoxy) is 1. The summed E-state index contributed by atoms with van der Waals surface area (Å²) < 4.78 is 31.5. The number of nitrogens with one attached hydrogen (secondary N) is 2. The zero-order valence-electron chi connectivity index (χ0n) is 13.0. The van der Waals surface area contributed by atoms with E-state index in [0.717, 1.165) is 18.8 Å². The highest BCUT2D eigenvalue weighted by atomic mass is 32.2. The maximum Gasteiger partial charge on any atom is 0.241 e. The molecule has 0 saturated heterocycles. The lowest BCUT2D eigenvalue weighted by atomic mass is 9.51. The van der Waals surface area contributed by atoms with Crippen molar-refractivity contribution in [2.45, 2.75) is 49.6 Å². The van der Waals surface area contributed by atoms with E-state index in [1.807, 2.05) is 6.92 Å². The molecule has 0 aliphatic heterocycles. The minimum Gasteiger partial charge on any atom is -0.378 e. The van der Waals surface area contributed by atoms with Gasteiger partial charge in [-0.2, -0.15) is 0 Å². The second-order valence-electron chi connectivity index (χ2n) is 6.05. The summed E-state index contributed by atoms with van der Waals surface area (Å²) in [7, 11) is -2.03. The molecule has 2 saturated carbocycles. The zero-order valence-corrected chi connectivity index (χ0v) is 13.8. The molecule has 0 amide bonds. The van der Waals surface area contributed by atoms with Crippen LogP contribution in [0.15, 0.2) is 23.2 Å². The summed E-state index contributed by atoms with van der Waals surface area (Å²) in [6.07, 6.45) is 6.39. The number of nitrogens with zero attached hydrogens (tertiary/aromatic N) is 1. The quantitative estimate of drug-likeness (QED) is 0.833. The molecule has 0 aromatic carbocycles. The molecule has 1 spiro atoms. The minimum absolute atomic E-state index is 0.180. The van der Waals surface area contributed by atoms with Gasteiger partial charge in [0, 0.05) is 24.3 Å². The maximum absolute atomic E-state index is 11.7. The summed E-state index contributed by atoms with van der Waals surface area (Å²) in [6, 6.07) is 3.68. The molecule has 7 heteroatoms. The van der Waals surface area contributed by atoms with Crippen LogP contribution in [0.2, 0.25) is 0 Å². The first-order valence-corrected chi connectivity index (χ1v) is 9.28. The Morgan fingerprint density at radius 1 is 1.41 bits per heavy atom. The van der Waals surface area contributed by atoms with Gasteiger partial charge in [-0.15, -0.1) is 0 Å². The summed E-state index contributed by atoms with van der Waals surface area (Å²) in [5, 5.41) is 3.45. The van der Waals surface area contributed by atoms with E-state index in [1.54, 1.807) is 12.1 Å². The Kier molecular flexibility index (Phi) is 4.13. The number of anilines is 1. The smallest absolute Gasteiger partial charge is 0.241 e. The van der Waals surface area contributed by atoms with Gasteiger partial charge < -0.3 is 10.1 Å². The maximum atomic E-state index is 11.7. The lowest BCUT2D eigenvalue weighted by molar-refractivity contribution is -0.157. The first kappa shape index (κ1) is 15.7. The van der Waals surface area contributed by atoms with Crippen molar-refractivity contribution in [1.29, 1.82) is 0 Å². The van der Waals surface area contributed by atoms with Gasteiger partial charge in [0.2, 0.25) is 10.0 Å². The molecule has 122 valence electrons. The monoisotopic (exact) mass is 325 g/mol. The Labute approximate surface area is 131 Å². The van der Waals surface area contributed by atoms with Crippen molar-refractivity contribution in [2.24, 2.45) is 5.41 Å². The molecular formula is C15H23N3O3S. The topological polar surface area (TPSA) is 80.3 Å². The van der Waals surface area contributed by atoms with Gasteiger partial charge in [0.15, 0.2) is 0 Å². The third kappa shape index (κ3) is 2.51. The fourth-order valence-corrected chi connectivity index (χ4v) is 4.24. The fourth-order valence-electron chi connectivity index (χ4n) is 3.56. The van der Waals surface area contributed by atoms with Crippen LogP contribution in [0.1, 0.15) is 32.6 Å². The van der Waals surface area contributed by atoms with Crippen LogP contribution in [0.3, 0.4) is 0 Å². The molecule has 0 bridgehead atoms. The summed E-state index contributed by atoms with van der Waals surface area (Å²) in [6.45, 7) is 2.80. The van der Waals surface area contributed by atoms with Crippen molar-refractivity contribution in [3.05, 3.63) is 18.3 Å². The Bertz CT molecular complexity index is 626. The van der Waals surface area contributed by atoms with Crippen molar-refractivity contribution in [1.82, 2.24) is 9.71 Å². The van der Waals surface area contributed by atoms with Crippen LogP contribution >= 0.6 is 0 Å². The van der Waals surface area contributed by atoms with E-state index in [0.29, 0.717) is 12.1 Å². The molecule has 2 fully saturated rings. The van der Waals surface area contributed by atoms with E-state index in [2.05, 4.69) is 15.0 Å². The molecule has 2 aliphatic rings. The molecule has 2 aliphatic carbocycles. The van der Waals surface area contributed by atoms with Crippen LogP contribution in [-0.2, 0) is 14.8 Å². The highest BCUT2D eigenvalue weighted by Crippen LogP contribution is 2.58. The molecule has 6 nitrogen and oxygen atoms in total. The fraction of sp³-hybridized carbons (Fsp3) is 0.667. The number of aromatic nitrogens is 1. The average molecular weight is 325 g/mol. The van der Waals surface area contributed by atoms with Gasteiger partial charge in [0.25, 0.3) is 0 Å². The summed E-state index contributed by atoms with van der Waals surface area (Å²) in [4.78, 5) is 4.42. The Hall–Kier alpha value is -1.18. The standard InChI is InChI=1S/C15H23N3O3S/c1-3-21-13-9-12(15(13)7-4-8-15)18-14-6-5-11(10-17-14)22(19,20)16-2/h5-6,10,12-13,16H,3-4,7-9H2,1-2H3,(H,17,18). The van der Waals surface area contributed by atoms with Gasteiger partial charge in [-0.05, 0) is 45.4 Å². The second-order valence-corrected chi connectivity index (χ2v) is 7.94. The third-order valence-corrected chi connectivity index (χ3v) is 6.47. The molecule has 2 atom stereocenters. The molecule has 1 aromatic heterocycles. The number of sulfonamides is 1. The number of hydrogen-bond donors (Lipinski definition) is 2. The third-order valence-electron chi connectivity index (χ3n) is 5.07. The van der Waals surface area contributed by atoms with Crippen LogP contribution in [0.25, 0.3) is 0 Å². The summed E-state index contributed by atoms with van der Waals surface area (Å²) in [5.41, 5.74) is 0.257. The predicted octanol–water partition coefficient (Wildman–Crippen LogP) is 1.75. The number of hydrogen-bond acceptors (Lipinski definition) is 5. The van der Waals surface area contributed by atoms with Gasteiger partial charge in [-0.3, -0.25) is 0 Å². The molecule has 2 N–H and O–H groups in total. The normalized spacial score (nSPS) is 26.3. The van der Waals surface area contributed by atoms with Gasteiger partial charge in [-0.1, -0.05) is 6.42 Å². The van der Waals surface area contributed by atoms with E-state index in [-0.39, 0.29) is 10.3 Å². The Morgan fingerprint density at radius 3 is 2.68 bits per heavy atom. The number of pyridine rings is 1. The van der Waals surface area contributed by atoms with Crippen molar-refractivity contribution < 1.29 is 13.2 Å². The van der Waals surface area contributed by atoms with Crippen molar-refractivity contribution in [3.8, 4) is 0 Å². The van der Waals surface area contributed by atoms with Crippen LogP contribution < -0.4 is 10.0 Å². The SMILES string of the molecule is CCOC1CC(Nc2ccc(S(=O)(=O)NC)cn2)C12CCC2. The molecule has 2 unspecified atom stereocenters. The number of rotatable bonds is 6. The van der Waals surface area contributed by atoms with Crippen LogP contribution in [-0.4, -0.2) is 39.2 Å². The minimum atomic E-state index is -3.43. The van der Waals surface area contributed by atoms with Crippen LogP contribution in [0.4, 0.5) is 5.82 Å². The Balaban J connectivity index is 1.67. The summed E-state index contributed by atoms with van der Waals surface area (Å²) in [5.74, 6) is 0.723. The molecule has 1 aromatic rings.